The molecule has 0 saturated heterocycles. The Bertz CT molecular complexity index is 475. The number of nitrogens with zero attached hydrogens (tertiary/aromatic N) is 1. The second kappa shape index (κ2) is 5.48. The molecule has 88 valence electrons. The fourth-order valence-corrected chi connectivity index (χ4v) is 1.89. The average Bonchev–Trinajstić information content (AvgIpc) is 2.38. The molecule has 0 fully saturated rings. The van der Waals surface area contributed by atoms with E-state index < -0.39 is 0 Å². The van der Waals surface area contributed by atoms with Crippen molar-refractivity contribution >= 4 is 5.82 Å². The second-order valence-corrected chi connectivity index (χ2v) is 4.24. The molecular formula is C15H18N2. The highest BCUT2D eigenvalue weighted by Gasteiger charge is 2.02. The molecule has 2 nitrogen and oxygen atoms in total. The van der Waals surface area contributed by atoms with Crippen molar-refractivity contribution in [2.45, 2.75) is 26.2 Å². The van der Waals surface area contributed by atoms with Gasteiger partial charge in [-0.15, -0.1) is 0 Å². The molecule has 2 rings (SSSR count). The topological polar surface area (TPSA) is 38.9 Å². The van der Waals surface area contributed by atoms with E-state index in [0.29, 0.717) is 5.82 Å². The first-order valence-electron chi connectivity index (χ1n) is 6.11. The van der Waals surface area contributed by atoms with Gasteiger partial charge in [-0.25, -0.2) is 4.98 Å². The molecule has 0 radical (unpaired) electrons. The van der Waals surface area contributed by atoms with Gasteiger partial charge >= 0.3 is 0 Å². The summed E-state index contributed by atoms with van der Waals surface area (Å²) in [7, 11) is 0. The van der Waals surface area contributed by atoms with Crippen LogP contribution < -0.4 is 5.73 Å². The Balaban J connectivity index is 2.21. The van der Waals surface area contributed by atoms with Gasteiger partial charge in [-0.05, 0) is 36.1 Å². The zero-order valence-corrected chi connectivity index (χ0v) is 10.2. The Morgan fingerprint density at radius 1 is 1.12 bits per heavy atom. The smallest absolute Gasteiger partial charge is 0.131 e. The maximum absolute atomic E-state index is 5.86. The quantitative estimate of drug-likeness (QED) is 0.863. The molecule has 0 saturated carbocycles. The molecule has 0 atom stereocenters. The van der Waals surface area contributed by atoms with Crippen molar-refractivity contribution in [1.29, 1.82) is 0 Å². The fourth-order valence-electron chi connectivity index (χ4n) is 1.89. The van der Waals surface area contributed by atoms with E-state index in [-0.39, 0.29) is 0 Å². The van der Waals surface area contributed by atoms with Crippen LogP contribution >= 0.6 is 0 Å². The van der Waals surface area contributed by atoms with Crippen molar-refractivity contribution in [1.82, 2.24) is 4.98 Å². The average molecular weight is 226 g/mol. The first kappa shape index (κ1) is 11.6. The van der Waals surface area contributed by atoms with Crippen LogP contribution in [0.3, 0.4) is 0 Å². The second-order valence-electron chi connectivity index (χ2n) is 4.24. The molecule has 0 spiro atoms. The molecule has 0 amide bonds. The van der Waals surface area contributed by atoms with Gasteiger partial charge in [-0.1, -0.05) is 37.6 Å². The predicted octanol–water partition coefficient (Wildman–Crippen LogP) is 3.67. The Morgan fingerprint density at radius 2 is 1.88 bits per heavy atom. The Kier molecular flexibility index (Phi) is 3.76. The fraction of sp³-hybridized carbons (Fsp3) is 0.267. The van der Waals surface area contributed by atoms with Crippen LogP contribution in [0.5, 0.6) is 0 Å². The summed E-state index contributed by atoms with van der Waals surface area (Å²) in [6.45, 7) is 2.21. The first-order valence-corrected chi connectivity index (χ1v) is 6.11. The minimum absolute atomic E-state index is 0.591. The van der Waals surface area contributed by atoms with Crippen LogP contribution in [0, 0.1) is 0 Å². The molecule has 0 bridgehead atoms. The van der Waals surface area contributed by atoms with Crippen LogP contribution in [0.2, 0.25) is 0 Å². The standard InChI is InChI=1S/C15H18N2/c1-2-3-5-12-7-9-13(10-8-12)14-6-4-11-17-15(14)16/h4,6-11H,2-3,5H2,1H3,(H2,16,17). The predicted molar refractivity (Wildman–Crippen MR) is 72.7 cm³/mol. The molecule has 1 heterocycles. The number of nitrogens with two attached hydrogens (primary N) is 1. The van der Waals surface area contributed by atoms with Crippen LogP contribution in [0.1, 0.15) is 25.3 Å². The monoisotopic (exact) mass is 226 g/mol. The van der Waals surface area contributed by atoms with Crippen molar-refractivity contribution < 1.29 is 0 Å². The number of anilines is 1. The van der Waals surface area contributed by atoms with Crippen molar-refractivity contribution in [3.63, 3.8) is 0 Å². The third-order valence-corrected chi connectivity index (χ3v) is 2.92. The lowest BCUT2D eigenvalue weighted by atomic mass is 10.0. The molecule has 17 heavy (non-hydrogen) atoms. The van der Waals surface area contributed by atoms with Crippen molar-refractivity contribution in [3.05, 3.63) is 48.2 Å². The summed E-state index contributed by atoms with van der Waals surface area (Å²) in [4.78, 5) is 4.11. The molecule has 0 aliphatic rings. The molecule has 2 N–H and O–H groups in total. The highest BCUT2D eigenvalue weighted by atomic mass is 14.8. The summed E-state index contributed by atoms with van der Waals surface area (Å²) < 4.78 is 0. The molecular weight excluding hydrogens is 208 g/mol. The Hall–Kier alpha value is -1.83. The zero-order chi connectivity index (χ0) is 12.1. The molecule has 2 aromatic rings. The maximum atomic E-state index is 5.86. The van der Waals surface area contributed by atoms with E-state index in [1.54, 1.807) is 6.20 Å². The van der Waals surface area contributed by atoms with Crippen LogP contribution in [0.4, 0.5) is 5.82 Å². The van der Waals surface area contributed by atoms with Crippen molar-refractivity contribution in [3.8, 4) is 11.1 Å². The van der Waals surface area contributed by atoms with E-state index in [4.69, 9.17) is 5.73 Å². The van der Waals surface area contributed by atoms with E-state index in [9.17, 15) is 0 Å². The lowest BCUT2D eigenvalue weighted by Crippen LogP contribution is -1.93. The van der Waals surface area contributed by atoms with Gasteiger partial charge in [0.2, 0.25) is 0 Å². The van der Waals surface area contributed by atoms with Gasteiger partial charge in [0.15, 0.2) is 0 Å². The van der Waals surface area contributed by atoms with E-state index >= 15 is 0 Å². The maximum Gasteiger partial charge on any atom is 0.131 e. The Morgan fingerprint density at radius 3 is 2.53 bits per heavy atom. The molecule has 2 heteroatoms. The van der Waals surface area contributed by atoms with E-state index in [2.05, 4.69) is 36.2 Å². The number of aromatic nitrogens is 1. The third kappa shape index (κ3) is 2.84. The normalized spacial score (nSPS) is 10.4. The van der Waals surface area contributed by atoms with E-state index in [0.717, 1.165) is 17.5 Å². The van der Waals surface area contributed by atoms with Crippen LogP contribution in [0.25, 0.3) is 11.1 Å². The molecule has 0 aliphatic heterocycles. The Labute approximate surface area is 103 Å². The van der Waals surface area contributed by atoms with Crippen LogP contribution in [0.15, 0.2) is 42.6 Å². The highest BCUT2D eigenvalue weighted by molar-refractivity contribution is 5.73. The van der Waals surface area contributed by atoms with E-state index in [1.165, 1.54) is 18.4 Å². The molecule has 1 aromatic heterocycles. The lowest BCUT2D eigenvalue weighted by Gasteiger charge is -2.06. The van der Waals surface area contributed by atoms with Gasteiger partial charge in [0.05, 0.1) is 0 Å². The summed E-state index contributed by atoms with van der Waals surface area (Å²) >= 11 is 0. The molecule has 0 aliphatic carbocycles. The zero-order valence-electron chi connectivity index (χ0n) is 10.2. The highest BCUT2D eigenvalue weighted by Crippen LogP contribution is 2.24. The number of nitrogen functional groups attached to an aromatic ring is 1. The number of unbranched alkanes of at least 4 members (excludes halogenated alkanes) is 1. The SMILES string of the molecule is CCCCc1ccc(-c2cccnc2N)cc1. The van der Waals surface area contributed by atoms with Gasteiger partial charge in [0, 0.05) is 11.8 Å². The van der Waals surface area contributed by atoms with Gasteiger partial charge < -0.3 is 5.73 Å². The van der Waals surface area contributed by atoms with Gasteiger partial charge in [0.1, 0.15) is 5.82 Å². The number of benzene rings is 1. The third-order valence-electron chi connectivity index (χ3n) is 2.92. The number of hydrogen-bond donors (Lipinski definition) is 1. The number of rotatable bonds is 4. The van der Waals surface area contributed by atoms with Crippen molar-refractivity contribution in [2.75, 3.05) is 5.73 Å². The summed E-state index contributed by atoms with van der Waals surface area (Å²) in [5.41, 5.74) is 9.39. The lowest BCUT2D eigenvalue weighted by molar-refractivity contribution is 0.795. The molecule has 0 unspecified atom stereocenters. The van der Waals surface area contributed by atoms with E-state index in [1.807, 2.05) is 12.1 Å². The first-order chi connectivity index (χ1) is 8.31. The summed E-state index contributed by atoms with van der Waals surface area (Å²) in [6, 6.07) is 12.5. The number of hydrogen-bond acceptors (Lipinski definition) is 2. The number of pyridine rings is 1. The minimum Gasteiger partial charge on any atom is -0.383 e. The minimum atomic E-state index is 0.591. The van der Waals surface area contributed by atoms with Crippen molar-refractivity contribution in [2.24, 2.45) is 0 Å². The van der Waals surface area contributed by atoms with Crippen LogP contribution in [-0.2, 0) is 6.42 Å². The summed E-state index contributed by atoms with van der Waals surface area (Å²) in [5, 5.41) is 0. The summed E-state index contributed by atoms with van der Waals surface area (Å²) in [5.74, 6) is 0.591. The largest absolute Gasteiger partial charge is 0.383 e. The van der Waals surface area contributed by atoms with Gasteiger partial charge in [0.25, 0.3) is 0 Å². The number of aryl methyl sites for hydroxylation is 1. The molecule has 1 aromatic carbocycles. The summed E-state index contributed by atoms with van der Waals surface area (Å²) in [6.07, 6.45) is 5.35. The van der Waals surface area contributed by atoms with Crippen LogP contribution in [-0.4, -0.2) is 4.98 Å². The van der Waals surface area contributed by atoms with Gasteiger partial charge in [-0.3, -0.25) is 0 Å². The van der Waals surface area contributed by atoms with Gasteiger partial charge in [-0.2, -0.15) is 0 Å².